The summed E-state index contributed by atoms with van der Waals surface area (Å²) in [6, 6.07) is 0. The molecule has 19 heteroatoms. The maximum absolute atomic E-state index is 13.0. The van der Waals surface area contributed by atoms with E-state index in [0.717, 1.165) is 0 Å². The summed E-state index contributed by atoms with van der Waals surface area (Å²) in [5.41, 5.74) is 0. The van der Waals surface area contributed by atoms with Crippen molar-refractivity contribution in [2.45, 2.75) is 9.79 Å². The topological polar surface area (TPSA) is 309 Å². The molecule has 0 fully saturated rings. The molecule has 0 heterocycles. The molecule has 0 atom stereocenters. The van der Waals surface area contributed by atoms with E-state index in [1.54, 1.807) is 0 Å². The van der Waals surface area contributed by atoms with Crippen LogP contribution in [-0.4, -0.2) is 36.9 Å². The Labute approximate surface area is 147 Å². The first-order valence-corrected chi connectivity index (χ1v) is 6.48. The van der Waals surface area contributed by atoms with Crippen LogP contribution >= 0.6 is 0 Å². The molecule has 1 aromatic rings. The molecule has 0 saturated heterocycles. The minimum atomic E-state index is -5.95. The number of hydrogen-bond acceptors (Lipinski definition) is 6. The molecule has 0 aromatic heterocycles. The summed E-state index contributed by atoms with van der Waals surface area (Å²) < 4.78 is 114. The average molecular weight is 484 g/mol. The van der Waals surface area contributed by atoms with Crippen LogP contribution in [0.1, 0.15) is 0 Å². The van der Waals surface area contributed by atoms with Crippen LogP contribution in [0.15, 0.2) is 9.79 Å². The standard InChI is InChI=1S/C6H2F4O6S2.Cu.6H2O/c7-1-2(8)6(18(14,15)16)4(10)3(9)5(1)17(11,12)13;;;;;;;/h(H,11,12,13)(H,14,15,16);;6*1H2/q;+2;;;;;;/p+2. The molecule has 0 unspecified atom stereocenters. The van der Waals surface area contributed by atoms with Gasteiger partial charge >= 0.3 is 17.1 Å². The molecule has 0 bridgehead atoms. The van der Waals surface area contributed by atoms with E-state index in [-0.39, 0.29) is 49.9 Å². The number of rotatable bonds is 2. The third-order valence-corrected chi connectivity index (χ3v) is 3.40. The Kier molecular flexibility index (Phi) is 23.3. The predicted molar refractivity (Wildman–Crippen MR) is 68.9 cm³/mol. The van der Waals surface area contributed by atoms with Crippen LogP contribution in [0.25, 0.3) is 0 Å². The Morgan fingerprint density at radius 1 is 0.560 bits per heavy atom. The average Bonchev–Trinajstić information content (AvgIpc) is 2.10. The molecule has 0 spiro atoms. The van der Waals surface area contributed by atoms with E-state index in [2.05, 4.69) is 0 Å². The van der Waals surface area contributed by atoms with Crippen molar-refractivity contribution in [3.63, 3.8) is 0 Å². The van der Waals surface area contributed by atoms with Gasteiger partial charge in [-0.2, -0.15) is 0 Å². The number of halogens is 4. The van der Waals surface area contributed by atoms with Gasteiger partial charge in [0.05, 0.1) is 0 Å². The van der Waals surface area contributed by atoms with Gasteiger partial charge in [0.1, 0.15) is 30.0 Å². The summed E-state index contributed by atoms with van der Waals surface area (Å²) >= 11 is 0. The van der Waals surface area contributed by atoms with E-state index in [1.807, 2.05) is 0 Å². The van der Waals surface area contributed by atoms with Gasteiger partial charge in [-0.3, -0.25) is 0 Å². The Morgan fingerprint density at radius 2 is 0.680 bits per heavy atom. The molecule has 1 rings (SSSR count). The van der Waals surface area contributed by atoms with Crippen molar-refractivity contribution in [3.05, 3.63) is 23.3 Å². The van der Waals surface area contributed by atoms with Crippen LogP contribution in [0.2, 0.25) is 0 Å². The van der Waals surface area contributed by atoms with Crippen molar-refractivity contribution in [2.24, 2.45) is 0 Å². The fraction of sp³-hybridized carbons (Fsp3) is 0. The van der Waals surface area contributed by atoms with Crippen molar-refractivity contribution >= 4 is 20.2 Å². The van der Waals surface area contributed by atoms with E-state index in [4.69, 9.17) is 0 Å². The summed E-state index contributed by atoms with van der Waals surface area (Å²) in [5.74, 6) is -11.1. The van der Waals surface area contributed by atoms with Crippen molar-refractivity contribution in [2.75, 3.05) is 0 Å². The second kappa shape index (κ2) is 13.3. The zero-order valence-electron chi connectivity index (χ0n) is 11.4. The molecule has 0 amide bonds. The molecule has 0 aliphatic rings. The zero-order valence-corrected chi connectivity index (χ0v) is 14.0. The Hall–Kier alpha value is -0.961. The summed E-state index contributed by atoms with van der Waals surface area (Å²) in [5, 5.41) is 0. The molecule has 159 valence electrons. The third kappa shape index (κ3) is 8.31. The minimum Gasteiger partial charge on any atom is -0.744 e. The van der Waals surface area contributed by atoms with Gasteiger partial charge in [0, 0.05) is 0 Å². The number of hydrogen-bond donors (Lipinski definition) is 0. The second-order valence-electron chi connectivity index (χ2n) is 2.82. The molecular weight excluding hydrogens is 468 g/mol. The molecular formula is C6H16CuF4O12S2+4. The van der Waals surface area contributed by atoms with Crippen LogP contribution in [0.5, 0.6) is 0 Å². The summed E-state index contributed by atoms with van der Waals surface area (Å²) in [6.45, 7) is 0. The van der Waals surface area contributed by atoms with Gasteiger partial charge in [-0.25, -0.2) is 34.4 Å². The maximum Gasteiger partial charge on any atom is 2.00 e. The van der Waals surface area contributed by atoms with Gasteiger partial charge in [0.15, 0.2) is 23.3 Å². The smallest absolute Gasteiger partial charge is 0.744 e. The molecule has 16 N–H and O–H groups in total. The van der Waals surface area contributed by atoms with Gasteiger partial charge < -0.3 is 42.0 Å². The first-order chi connectivity index (χ1) is 7.89. The van der Waals surface area contributed by atoms with Crippen LogP contribution in [0.4, 0.5) is 17.6 Å². The summed E-state index contributed by atoms with van der Waals surface area (Å²) in [4.78, 5) is -5.07. The molecule has 12 nitrogen and oxygen atoms in total. The van der Waals surface area contributed by atoms with E-state index in [9.17, 15) is 43.5 Å². The van der Waals surface area contributed by atoms with Gasteiger partial charge in [-0.05, 0) is 0 Å². The first kappa shape index (κ1) is 43.9. The van der Waals surface area contributed by atoms with Crippen molar-refractivity contribution in [3.8, 4) is 0 Å². The van der Waals surface area contributed by atoms with Crippen LogP contribution < -0.4 is 0 Å². The van der Waals surface area contributed by atoms with E-state index in [1.165, 1.54) is 0 Å². The summed E-state index contributed by atoms with van der Waals surface area (Å²) in [6.07, 6.45) is 0. The fourth-order valence-electron chi connectivity index (χ4n) is 1.03. The van der Waals surface area contributed by atoms with E-state index in [0.29, 0.717) is 0 Å². The Morgan fingerprint density at radius 3 is 0.760 bits per heavy atom. The van der Waals surface area contributed by atoms with Crippen molar-refractivity contribution in [1.82, 2.24) is 0 Å². The minimum absolute atomic E-state index is 0. The Balaban J connectivity index is -0.0000000926. The molecule has 0 aliphatic heterocycles. The second-order valence-corrected chi connectivity index (χ2v) is 5.46. The molecule has 1 radical (unpaired) electrons. The molecule has 0 aliphatic carbocycles. The maximum atomic E-state index is 13.0. The normalized spacial score (nSPS) is 9.20. The molecule has 1 aromatic carbocycles. The largest absolute Gasteiger partial charge is 2.00 e. The van der Waals surface area contributed by atoms with Crippen molar-refractivity contribution < 1.29 is 93.4 Å². The van der Waals surface area contributed by atoms with Crippen LogP contribution in [0.3, 0.4) is 0 Å². The zero-order chi connectivity index (χ0) is 14.5. The van der Waals surface area contributed by atoms with Gasteiger partial charge in [-0.15, -0.1) is 0 Å². The SMILES string of the molecule is O.O.O=S(=O)([O-])c1c(F)c(F)c(S(=O)(=O)[O-])c(F)c1F.[Cu+2].[OH3+].[OH3+].[OH3+].[OH3+]. The monoisotopic (exact) mass is 483 g/mol. The van der Waals surface area contributed by atoms with E-state index >= 15 is 0 Å². The van der Waals surface area contributed by atoms with Crippen LogP contribution in [-0.2, 0) is 59.2 Å². The van der Waals surface area contributed by atoms with Gasteiger partial charge in [-0.1, -0.05) is 0 Å². The van der Waals surface area contributed by atoms with Crippen molar-refractivity contribution in [1.29, 1.82) is 0 Å². The predicted octanol–water partition coefficient (Wildman–Crippen LogP) is -5.29. The summed E-state index contributed by atoms with van der Waals surface area (Å²) in [7, 11) is -11.9. The first-order valence-electron chi connectivity index (χ1n) is 3.66. The molecule has 0 saturated carbocycles. The number of benzene rings is 1. The van der Waals surface area contributed by atoms with E-state index < -0.39 is 53.3 Å². The Bertz CT molecular complexity index is 644. The van der Waals surface area contributed by atoms with Gasteiger partial charge in [0.2, 0.25) is 0 Å². The third-order valence-electron chi connectivity index (χ3n) is 1.68. The van der Waals surface area contributed by atoms with Crippen LogP contribution in [0, 0.1) is 23.3 Å². The quantitative estimate of drug-likeness (QED) is 0.130. The van der Waals surface area contributed by atoms with Gasteiger partial charge in [0.25, 0.3) is 0 Å². The molecule has 25 heavy (non-hydrogen) atoms. The fourth-order valence-corrected chi connectivity index (χ4v) is 2.27.